The van der Waals surface area contributed by atoms with Crippen molar-refractivity contribution >= 4 is 0 Å². The molecule has 6 nitrogen and oxygen atoms in total. The first-order valence-corrected chi connectivity index (χ1v) is 6.09. The molecule has 6 heteroatoms. The van der Waals surface area contributed by atoms with Crippen molar-refractivity contribution in [1.29, 1.82) is 0 Å². The molecule has 0 bridgehead atoms. The number of aliphatic hydroxyl groups excluding tert-OH is 1. The molecule has 2 rings (SSSR count). The van der Waals surface area contributed by atoms with Gasteiger partial charge in [-0.05, 0) is 0 Å². The second kappa shape index (κ2) is 6.18. The summed E-state index contributed by atoms with van der Waals surface area (Å²) in [5.74, 6) is 1.03. The minimum atomic E-state index is -0.191. The summed E-state index contributed by atoms with van der Waals surface area (Å²) in [5.41, 5.74) is 0.271. The maximum Gasteiger partial charge on any atom is 0.184 e. The van der Waals surface area contributed by atoms with Crippen LogP contribution < -0.4 is 9.47 Å². The van der Waals surface area contributed by atoms with Gasteiger partial charge in [0.2, 0.25) is 0 Å². The normalized spacial score (nSPS) is 18.1. The van der Waals surface area contributed by atoms with Gasteiger partial charge in [-0.2, -0.15) is 0 Å². The van der Waals surface area contributed by atoms with Crippen LogP contribution in [0.5, 0.6) is 11.5 Å². The van der Waals surface area contributed by atoms with Crippen molar-refractivity contribution in [2.75, 3.05) is 33.7 Å². The summed E-state index contributed by atoms with van der Waals surface area (Å²) >= 11 is 0. The first kappa shape index (κ1) is 14.0. The van der Waals surface area contributed by atoms with Crippen LogP contribution in [0.3, 0.4) is 0 Å². The number of aliphatic hydroxyl groups is 1. The van der Waals surface area contributed by atoms with Gasteiger partial charge in [0.1, 0.15) is 12.5 Å². The molecule has 1 aliphatic heterocycles. The second-order valence-corrected chi connectivity index (χ2v) is 4.86. The van der Waals surface area contributed by atoms with Gasteiger partial charge in [0, 0.05) is 17.7 Å². The molecule has 1 aromatic rings. The van der Waals surface area contributed by atoms with Gasteiger partial charge >= 0.3 is 0 Å². The summed E-state index contributed by atoms with van der Waals surface area (Å²) in [6.45, 7) is 3.80. The van der Waals surface area contributed by atoms with Gasteiger partial charge in [-0.1, -0.05) is 6.92 Å². The van der Waals surface area contributed by atoms with Gasteiger partial charge in [0.25, 0.3) is 0 Å². The zero-order chi connectivity index (χ0) is 13.7. The van der Waals surface area contributed by atoms with Gasteiger partial charge in [-0.15, -0.1) is 0 Å². The van der Waals surface area contributed by atoms with Gasteiger partial charge in [0.15, 0.2) is 11.5 Å². The molecule has 0 aliphatic carbocycles. The highest BCUT2D eigenvalue weighted by molar-refractivity contribution is 5.42. The summed E-state index contributed by atoms with van der Waals surface area (Å²) in [6, 6.07) is 1.71. The summed E-state index contributed by atoms with van der Waals surface area (Å²) in [4.78, 5) is 4.04. The minimum Gasteiger partial charge on any atom is -0.491 e. The highest BCUT2D eigenvalue weighted by Crippen LogP contribution is 2.31. The Morgan fingerprint density at radius 1 is 1.42 bits per heavy atom. The zero-order valence-electron chi connectivity index (χ0n) is 11.2. The Balaban J connectivity index is 2.06. The van der Waals surface area contributed by atoms with Crippen LogP contribution in [0.4, 0.5) is 0 Å². The molecule has 0 amide bonds. The molecule has 106 valence electrons. The highest BCUT2D eigenvalue weighted by Gasteiger charge is 2.30. The van der Waals surface area contributed by atoms with Crippen molar-refractivity contribution in [1.82, 2.24) is 4.98 Å². The maximum absolute atomic E-state index is 9.20. The molecule has 1 fully saturated rings. The lowest BCUT2D eigenvalue weighted by molar-refractivity contribution is -0.167. The fraction of sp³-hybridized carbons (Fsp3) is 0.615. The van der Waals surface area contributed by atoms with Crippen LogP contribution in [-0.2, 0) is 16.1 Å². The number of pyridine rings is 1. The van der Waals surface area contributed by atoms with Crippen molar-refractivity contribution in [2.45, 2.75) is 13.5 Å². The van der Waals surface area contributed by atoms with Crippen LogP contribution in [0.25, 0.3) is 0 Å². The molecule has 0 aromatic carbocycles. The van der Waals surface area contributed by atoms with E-state index in [0.717, 1.165) is 0 Å². The van der Waals surface area contributed by atoms with E-state index in [4.69, 9.17) is 18.9 Å². The fourth-order valence-corrected chi connectivity index (χ4v) is 1.93. The van der Waals surface area contributed by atoms with Gasteiger partial charge in [0.05, 0.1) is 33.5 Å². The van der Waals surface area contributed by atoms with E-state index < -0.39 is 0 Å². The summed E-state index contributed by atoms with van der Waals surface area (Å²) in [5, 5.41) is 9.20. The predicted octanol–water partition coefficient (Wildman–Crippen LogP) is 0.972. The van der Waals surface area contributed by atoms with Crippen LogP contribution in [0.15, 0.2) is 12.3 Å². The summed E-state index contributed by atoms with van der Waals surface area (Å²) in [7, 11) is 1.53. The largest absolute Gasteiger partial charge is 0.491 e. The molecule has 0 unspecified atom stereocenters. The monoisotopic (exact) mass is 269 g/mol. The second-order valence-electron chi connectivity index (χ2n) is 4.86. The smallest absolute Gasteiger partial charge is 0.184 e. The molecule has 0 radical (unpaired) electrons. The van der Waals surface area contributed by atoms with Crippen molar-refractivity contribution in [3.63, 3.8) is 0 Å². The van der Waals surface area contributed by atoms with E-state index >= 15 is 0 Å². The van der Waals surface area contributed by atoms with E-state index in [9.17, 15) is 5.11 Å². The Labute approximate surface area is 112 Å². The molecular weight excluding hydrogens is 250 g/mol. The molecule has 1 aromatic heterocycles. The number of nitrogens with zero attached hydrogens (tertiary/aromatic N) is 1. The van der Waals surface area contributed by atoms with Crippen molar-refractivity contribution < 1.29 is 24.1 Å². The van der Waals surface area contributed by atoms with Gasteiger partial charge < -0.3 is 24.1 Å². The third-order valence-electron chi connectivity index (χ3n) is 2.94. The van der Waals surface area contributed by atoms with E-state index in [1.807, 2.05) is 6.92 Å². The number of rotatable bonds is 5. The SMILES string of the molecule is COc1c(OCC2(C)COCOC2)ccnc1CO. The van der Waals surface area contributed by atoms with Gasteiger partial charge in [-0.3, -0.25) is 4.98 Å². The fourth-order valence-electron chi connectivity index (χ4n) is 1.93. The lowest BCUT2D eigenvalue weighted by Crippen LogP contribution is -2.39. The third kappa shape index (κ3) is 3.34. The Kier molecular flexibility index (Phi) is 4.57. The van der Waals surface area contributed by atoms with E-state index in [1.165, 1.54) is 7.11 Å². The molecular formula is C13H19NO5. The minimum absolute atomic E-state index is 0.189. The number of aromatic nitrogens is 1. The van der Waals surface area contributed by atoms with Crippen molar-refractivity contribution in [2.24, 2.45) is 5.41 Å². The maximum atomic E-state index is 9.20. The standard InChI is InChI=1S/C13H19NO5/c1-13(6-17-9-18-7-13)8-19-11-3-4-14-10(5-15)12(11)16-2/h3-4,15H,5-9H2,1-2H3. The molecule has 0 atom stereocenters. The van der Waals surface area contributed by atoms with Crippen LogP contribution in [0.2, 0.25) is 0 Å². The average molecular weight is 269 g/mol. The molecule has 0 saturated carbocycles. The molecule has 2 heterocycles. The quantitative estimate of drug-likeness (QED) is 0.859. The zero-order valence-corrected chi connectivity index (χ0v) is 11.2. The lowest BCUT2D eigenvalue weighted by atomic mass is 9.94. The van der Waals surface area contributed by atoms with E-state index in [1.54, 1.807) is 12.3 Å². The van der Waals surface area contributed by atoms with E-state index in [0.29, 0.717) is 43.8 Å². The average Bonchev–Trinajstić information content (AvgIpc) is 2.45. The van der Waals surface area contributed by atoms with E-state index in [2.05, 4.69) is 4.98 Å². The Morgan fingerprint density at radius 2 is 2.16 bits per heavy atom. The van der Waals surface area contributed by atoms with Crippen molar-refractivity contribution in [3.8, 4) is 11.5 Å². The first-order valence-electron chi connectivity index (χ1n) is 6.09. The Morgan fingerprint density at radius 3 is 2.79 bits per heavy atom. The van der Waals surface area contributed by atoms with Crippen molar-refractivity contribution in [3.05, 3.63) is 18.0 Å². The van der Waals surface area contributed by atoms with Crippen LogP contribution in [0.1, 0.15) is 12.6 Å². The molecule has 0 spiro atoms. The highest BCUT2D eigenvalue weighted by atomic mass is 16.7. The topological polar surface area (TPSA) is 70.0 Å². The molecule has 1 N–H and O–H groups in total. The molecule has 1 saturated heterocycles. The molecule has 1 aliphatic rings. The van der Waals surface area contributed by atoms with Crippen LogP contribution in [0, 0.1) is 5.41 Å². The van der Waals surface area contributed by atoms with Gasteiger partial charge in [-0.25, -0.2) is 0 Å². The number of methoxy groups -OCH3 is 1. The van der Waals surface area contributed by atoms with E-state index in [-0.39, 0.29) is 12.0 Å². The first-order chi connectivity index (χ1) is 9.18. The third-order valence-corrected chi connectivity index (χ3v) is 2.94. The predicted molar refractivity (Wildman–Crippen MR) is 67.1 cm³/mol. The Hall–Kier alpha value is -1.37. The van der Waals surface area contributed by atoms with Crippen LogP contribution >= 0.6 is 0 Å². The van der Waals surface area contributed by atoms with Crippen LogP contribution in [-0.4, -0.2) is 43.8 Å². The summed E-state index contributed by atoms with van der Waals surface area (Å²) in [6.07, 6.45) is 1.58. The number of hydrogen-bond donors (Lipinski definition) is 1. The molecule has 19 heavy (non-hydrogen) atoms. The number of hydrogen-bond acceptors (Lipinski definition) is 6. The summed E-state index contributed by atoms with van der Waals surface area (Å²) < 4.78 is 21.6. The Bertz CT molecular complexity index is 417. The lowest BCUT2D eigenvalue weighted by Gasteiger charge is -2.32. The number of ether oxygens (including phenoxy) is 4.